The van der Waals surface area contributed by atoms with Crippen LogP contribution in [0.1, 0.15) is 140 Å². The van der Waals surface area contributed by atoms with Crippen molar-refractivity contribution in [3.05, 3.63) is 0 Å². The lowest BCUT2D eigenvalue weighted by atomic mass is 9.83. The third kappa shape index (κ3) is 18.5. The first-order chi connectivity index (χ1) is 23.4. The van der Waals surface area contributed by atoms with Crippen molar-refractivity contribution in [1.82, 2.24) is 26.2 Å². The van der Waals surface area contributed by atoms with Crippen molar-refractivity contribution in [3.8, 4) is 12.3 Å². The van der Waals surface area contributed by atoms with Crippen LogP contribution >= 0.6 is 0 Å². The van der Waals surface area contributed by atoms with Crippen LogP contribution in [0.4, 0.5) is 4.79 Å². The highest BCUT2D eigenvalue weighted by Gasteiger charge is 2.39. The summed E-state index contributed by atoms with van der Waals surface area (Å²) in [6, 6.07) is -1.98. The standard InChI is InChI=1S/C18H34N2O3S.C16H25N3O3.2C2H6/c1-16(2,3)14(12-21)19-15(22)20-18(10-8-7-9-11-18)13-24(23)17(4,5)6;1-4-6-8-12(14(20)16(22)17-10-5-2)18-15(21)13-9-7-11-19(13)3;2*1-2/h12,14H,7-11,13H2,1-6H3,(H2,19,20,22);1,12-13H,5-11H2,2-3H3,(H,17,22)(H,18,21);2*1-2H3. The fourth-order valence-electron chi connectivity index (χ4n) is 5.36. The zero-order valence-corrected chi connectivity index (χ0v) is 34.2. The van der Waals surface area contributed by atoms with E-state index < -0.39 is 40.1 Å². The molecule has 0 spiro atoms. The predicted octanol–water partition coefficient (Wildman–Crippen LogP) is 5.28. The summed E-state index contributed by atoms with van der Waals surface area (Å²) < 4.78 is 12.3. The lowest BCUT2D eigenvalue weighted by molar-refractivity contribution is -0.140. The largest absolute Gasteiger partial charge is 0.349 e. The number of likely N-dealkylation sites (tertiary alicyclic amines) is 1. The van der Waals surface area contributed by atoms with Crippen LogP contribution in [0, 0.1) is 17.8 Å². The molecule has 290 valence electrons. The minimum Gasteiger partial charge on any atom is -0.349 e. The van der Waals surface area contributed by atoms with Gasteiger partial charge in [0.25, 0.3) is 5.91 Å². The number of rotatable bonds is 13. The van der Waals surface area contributed by atoms with Crippen molar-refractivity contribution in [1.29, 1.82) is 0 Å². The number of hydrogen-bond acceptors (Lipinski definition) is 7. The number of ketones is 1. The second-order valence-corrected chi connectivity index (χ2v) is 16.8. The van der Waals surface area contributed by atoms with E-state index in [2.05, 4.69) is 27.2 Å². The van der Waals surface area contributed by atoms with Crippen molar-refractivity contribution < 1.29 is 28.2 Å². The molecule has 1 saturated carbocycles. The fourth-order valence-corrected chi connectivity index (χ4v) is 6.66. The van der Waals surface area contributed by atoms with Gasteiger partial charge in [-0.1, -0.05) is 74.7 Å². The van der Waals surface area contributed by atoms with Crippen molar-refractivity contribution in [2.24, 2.45) is 5.41 Å². The van der Waals surface area contributed by atoms with Gasteiger partial charge in [-0.15, -0.1) is 12.3 Å². The van der Waals surface area contributed by atoms with Gasteiger partial charge in [0.05, 0.1) is 23.7 Å². The molecule has 4 N–H and O–H groups in total. The average Bonchev–Trinajstić information content (AvgIpc) is 3.51. The lowest BCUT2D eigenvalue weighted by Gasteiger charge is -2.40. The Bertz CT molecular complexity index is 1100. The summed E-state index contributed by atoms with van der Waals surface area (Å²) in [5, 5.41) is 11.1. The Balaban J connectivity index is 0. The quantitative estimate of drug-likeness (QED) is 0.115. The van der Waals surface area contributed by atoms with Crippen LogP contribution in [0.3, 0.4) is 0 Å². The average molecular weight is 726 g/mol. The smallest absolute Gasteiger partial charge is 0.315 e. The van der Waals surface area contributed by atoms with Crippen molar-refractivity contribution in [3.63, 3.8) is 0 Å². The molecule has 4 atom stereocenters. The number of carbonyl (C=O) groups is 5. The number of amides is 4. The van der Waals surface area contributed by atoms with Crippen LogP contribution in [0.15, 0.2) is 0 Å². The van der Waals surface area contributed by atoms with Crippen molar-refractivity contribution >= 4 is 40.7 Å². The highest BCUT2D eigenvalue weighted by atomic mass is 32.2. The van der Waals surface area contributed by atoms with E-state index in [0.29, 0.717) is 18.7 Å². The number of urea groups is 1. The van der Waals surface area contributed by atoms with Gasteiger partial charge in [0, 0.05) is 34.3 Å². The second kappa shape index (κ2) is 25.2. The van der Waals surface area contributed by atoms with E-state index in [1.54, 1.807) is 0 Å². The van der Waals surface area contributed by atoms with Gasteiger partial charge in [0.2, 0.25) is 11.7 Å². The number of carbonyl (C=O) groups excluding carboxylic acids is 5. The van der Waals surface area contributed by atoms with E-state index in [4.69, 9.17) is 6.42 Å². The van der Waals surface area contributed by atoms with Crippen LogP contribution in [0.5, 0.6) is 0 Å². The third-order valence-electron chi connectivity index (χ3n) is 8.43. The first-order valence-electron chi connectivity index (χ1n) is 18.6. The summed E-state index contributed by atoms with van der Waals surface area (Å²) in [7, 11) is 0.844. The van der Waals surface area contributed by atoms with Gasteiger partial charge >= 0.3 is 6.03 Å². The summed E-state index contributed by atoms with van der Waals surface area (Å²) >= 11 is 0. The maximum absolute atomic E-state index is 12.6. The first-order valence-corrected chi connectivity index (χ1v) is 19.9. The van der Waals surface area contributed by atoms with Gasteiger partial charge in [-0.25, -0.2) is 4.79 Å². The molecular weight excluding hydrogens is 655 g/mol. The van der Waals surface area contributed by atoms with Gasteiger partial charge in [-0.3, -0.25) is 23.5 Å². The van der Waals surface area contributed by atoms with Crippen LogP contribution in [-0.4, -0.2) is 93.3 Å². The maximum atomic E-state index is 12.6. The van der Waals surface area contributed by atoms with E-state index in [1.807, 2.05) is 88.1 Å². The number of nitrogens with one attached hydrogen (secondary N) is 4. The van der Waals surface area contributed by atoms with Gasteiger partial charge < -0.3 is 26.1 Å². The molecule has 0 aromatic rings. The van der Waals surface area contributed by atoms with Crippen LogP contribution in [0.2, 0.25) is 0 Å². The Morgan fingerprint density at radius 1 is 0.980 bits per heavy atom. The molecule has 2 fully saturated rings. The minimum absolute atomic E-state index is 0.210. The molecule has 2 rings (SSSR count). The third-order valence-corrected chi connectivity index (χ3v) is 10.6. The summed E-state index contributed by atoms with van der Waals surface area (Å²) in [5.74, 6) is 1.40. The van der Waals surface area contributed by atoms with E-state index in [0.717, 1.165) is 64.2 Å². The lowest BCUT2D eigenvalue weighted by Crippen LogP contribution is -2.59. The molecule has 0 aromatic heterocycles. The molecule has 1 aliphatic heterocycles. The van der Waals surface area contributed by atoms with E-state index in [9.17, 15) is 28.2 Å². The van der Waals surface area contributed by atoms with E-state index in [1.165, 1.54) is 0 Å². The molecule has 0 radical (unpaired) electrons. The molecule has 12 heteroatoms. The second-order valence-electron chi connectivity index (χ2n) is 14.6. The number of hydrogen-bond donors (Lipinski definition) is 4. The summed E-state index contributed by atoms with van der Waals surface area (Å²) in [6.45, 7) is 22.8. The minimum atomic E-state index is -1.03. The van der Waals surface area contributed by atoms with Gasteiger partial charge in [0.1, 0.15) is 6.29 Å². The normalized spacial score (nSPS) is 18.7. The summed E-state index contributed by atoms with van der Waals surface area (Å²) in [4.78, 5) is 62.0. The van der Waals surface area contributed by atoms with Crippen LogP contribution in [-0.2, 0) is 30.0 Å². The molecule has 0 aromatic carbocycles. The van der Waals surface area contributed by atoms with E-state index in [-0.39, 0.29) is 34.6 Å². The van der Waals surface area contributed by atoms with Crippen LogP contribution in [0.25, 0.3) is 0 Å². The Morgan fingerprint density at radius 3 is 2.00 bits per heavy atom. The first kappa shape index (κ1) is 49.3. The van der Waals surface area contributed by atoms with Crippen LogP contribution < -0.4 is 21.3 Å². The van der Waals surface area contributed by atoms with Crippen molar-refractivity contribution in [2.45, 2.75) is 169 Å². The molecule has 4 unspecified atom stereocenters. The molecule has 1 aliphatic carbocycles. The Labute approximate surface area is 306 Å². The summed E-state index contributed by atoms with van der Waals surface area (Å²) in [6.07, 6.45) is 13.9. The Morgan fingerprint density at radius 2 is 1.56 bits per heavy atom. The SMILES string of the molecule is C#CCCC(NC(=O)C1CCCN1C)C(=O)C(=O)NCCC.CC.CC.CC(C)(C)C(C=O)NC(=O)NC1(CS(=O)C(C)(C)C)CCCCC1. The predicted molar refractivity (Wildman–Crippen MR) is 206 cm³/mol. The van der Waals surface area contributed by atoms with Crippen molar-refractivity contribution in [2.75, 3.05) is 25.9 Å². The van der Waals surface area contributed by atoms with Gasteiger partial charge in [-0.05, 0) is 78.3 Å². The number of terminal acetylenes is 1. The molecule has 50 heavy (non-hydrogen) atoms. The zero-order chi connectivity index (χ0) is 39.1. The summed E-state index contributed by atoms with van der Waals surface area (Å²) in [5.41, 5.74) is -0.779. The fraction of sp³-hybridized carbons (Fsp3) is 0.816. The highest BCUT2D eigenvalue weighted by Crippen LogP contribution is 2.31. The molecule has 11 nitrogen and oxygen atoms in total. The molecule has 1 heterocycles. The maximum Gasteiger partial charge on any atom is 0.315 e. The monoisotopic (exact) mass is 726 g/mol. The van der Waals surface area contributed by atoms with Gasteiger partial charge in [0.15, 0.2) is 0 Å². The number of aldehydes is 1. The topological polar surface area (TPSA) is 154 Å². The van der Waals surface area contributed by atoms with Gasteiger partial charge in [-0.2, -0.15) is 0 Å². The molecule has 4 amide bonds. The van der Waals surface area contributed by atoms with E-state index >= 15 is 0 Å². The number of likely N-dealkylation sites (N-methyl/N-ethyl adjacent to an activating group) is 1. The molecule has 1 saturated heterocycles. The molecule has 0 bridgehead atoms. The Kier molecular flexibility index (Phi) is 24.9. The zero-order valence-electron chi connectivity index (χ0n) is 33.4. The molecule has 2 aliphatic rings. The number of Topliss-reactive ketones (excluding diaryl/α,β-unsaturated/α-hetero) is 1. The Hall–Kier alpha value is -2.78. The molecular formula is C38H71N5O6S. The number of nitrogens with zero attached hydrogens (tertiary/aromatic N) is 1. The highest BCUT2D eigenvalue weighted by molar-refractivity contribution is 7.86.